The molecule has 1 aliphatic heterocycles. The van der Waals surface area contributed by atoms with Gasteiger partial charge in [0.15, 0.2) is 0 Å². The van der Waals surface area contributed by atoms with Crippen LogP contribution in [0.1, 0.15) is 26.3 Å². The standard InChI is InChI=1S/C15H23FN2O/c1-4-17-8-13-5-6-14(16)15(7-13)18-9-11(2)19-12(3)10-18/h5-7,11-12,17H,4,8-10H2,1-3H3. The van der Waals surface area contributed by atoms with Crippen LogP contribution in [0.25, 0.3) is 0 Å². The van der Waals surface area contributed by atoms with Crippen molar-refractivity contribution in [3.63, 3.8) is 0 Å². The summed E-state index contributed by atoms with van der Waals surface area (Å²) in [5, 5.41) is 3.27. The van der Waals surface area contributed by atoms with E-state index in [4.69, 9.17) is 4.74 Å². The van der Waals surface area contributed by atoms with Crippen molar-refractivity contribution in [3.05, 3.63) is 29.6 Å². The predicted molar refractivity (Wildman–Crippen MR) is 76.0 cm³/mol. The molecule has 0 radical (unpaired) electrons. The first-order valence-corrected chi connectivity index (χ1v) is 6.99. The number of nitrogens with one attached hydrogen (secondary N) is 1. The van der Waals surface area contributed by atoms with E-state index in [1.165, 1.54) is 0 Å². The molecule has 0 spiro atoms. The molecule has 1 aromatic rings. The van der Waals surface area contributed by atoms with Gasteiger partial charge in [-0.15, -0.1) is 0 Å². The first-order chi connectivity index (χ1) is 9.10. The highest BCUT2D eigenvalue weighted by atomic mass is 19.1. The van der Waals surface area contributed by atoms with E-state index < -0.39 is 0 Å². The maximum Gasteiger partial charge on any atom is 0.146 e. The second-order valence-corrected chi connectivity index (χ2v) is 5.23. The number of halogens is 1. The molecular formula is C15H23FN2O. The zero-order valence-corrected chi connectivity index (χ0v) is 11.9. The summed E-state index contributed by atoms with van der Waals surface area (Å²) in [6.45, 7) is 9.30. The van der Waals surface area contributed by atoms with Gasteiger partial charge in [-0.2, -0.15) is 0 Å². The summed E-state index contributed by atoms with van der Waals surface area (Å²) in [7, 11) is 0. The first kappa shape index (κ1) is 14.3. The van der Waals surface area contributed by atoms with Crippen molar-refractivity contribution in [2.24, 2.45) is 0 Å². The summed E-state index contributed by atoms with van der Waals surface area (Å²) < 4.78 is 19.7. The van der Waals surface area contributed by atoms with Gasteiger partial charge in [0, 0.05) is 19.6 Å². The minimum Gasteiger partial charge on any atom is -0.372 e. The third kappa shape index (κ3) is 3.67. The normalized spacial score (nSPS) is 23.7. The van der Waals surface area contributed by atoms with Gasteiger partial charge in [-0.25, -0.2) is 4.39 Å². The summed E-state index contributed by atoms with van der Waals surface area (Å²) in [6.07, 6.45) is 0.279. The highest BCUT2D eigenvalue weighted by Crippen LogP contribution is 2.24. The predicted octanol–water partition coefficient (Wildman–Crippen LogP) is 2.55. The monoisotopic (exact) mass is 266 g/mol. The van der Waals surface area contributed by atoms with Crippen molar-refractivity contribution >= 4 is 5.69 Å². The Morgan fingerprint density at radius 3 is 2.63 bits per heavy atom. The zero-order chi connectivity index (χ0) is 13.8. The second kappa shape index (κ2) is 6.35. The van der Waals surface area contributed by atoms with Crippen LogP contribution in [0.2, 0.25) is 0 Å². The Kier molecular flexibility index (Phi) is 4.77. The number of rotatable bonds is 4. The molecule has 4 heteroatoms. The third-order valence-electron chi connectivity index (χ3n) is 3.35. The van der Waals surface area contributed by atoms with Crippen LogP contribution >= 0.6 is 0 Å². The molecule has 1 fully saturated rings. The minimum atomic E-state index is -0.151. The molecule has 0 aromatic heterocycles. The fraction of sp³-hybridized carbons (Fsp3) is 0.600. The van der Waals surface area contributed by atoms with E-state index in [9.17, 15) is 4.39 Å². The van der Waals surface area contributed by atoms with E-state index in [-0.39, 0.29) is 18.0 Å². The summed E-state index contributed by atoms with van der Waals surface area (Å²) >= 11 is 0. The van der Waals surface area contributed by atoms with Gasteiger partial charge >= 0.3 is 0 Å². The van der Waals surface area contributed by atoms with Crippen molar-refractivity contribution in [3.8, 4) is 0 Å². The average Bonchev–Trinajstić information content (AvgIpc) is 2.36. The molecule has 106 valence electrons. The Bertz CT molecular complexity index is 415. The van der Waals surface area contributed by atoms with Crippen LogP contribution in [-0.4, -0.2) is 31.8 Å². The third-order valence-corrected chi connectivity index (χ3v) is 3.35. The molecule has 3 nitrogen and oxygen atoms in total. The van der Waals surface area contributed by atoms with E-state index in [0.29, 0.717) is 5.69 Å². The van der Waals surface area contributed by atoms with Crippen molar-refractivity contribution in [1.82, 2.24) is 5.32 Å². The quantitative estimate of drug-likeness (QED) is 0.906. The fourth-order valence-corrected chi connectivity index (χ4v) is 2.55. The zero-order valence-electron chi connectivity index (χ0n) is 11.9. The summed E-state index contributed by atoms with van der Waals surface area (Å²) in [5.74, 6) is -0.151. The van der Waals surface area contributed by atoms with Gasteiger partial charge in [0.25, 0.3) is 0 Å². The van der Waals surface area contributed by atoms with Gasteiger partial charge in [-0.05, 0) is 38.1 Å². The summed E-state index contributed by atoms with van der Waals surface area (Å²) in [6, 6.07) is 5.35. The van der Waals surface area contributed by atoms with Gasteiger partial charge < -0.3 is 15.0 Å². The van der Waals surface area contributed by atoms with Crippen LogP contribution in [0.15, 0.2) is 18.2 Å². The van der Waals surface area contributed by atoms with E-state index in [0.717, 1.165) is 31.7 Å². The van der Waals surface area contributed by atoms with E-state index in [1.54, 1.807) is 6.07 Å². The minimum absolute atomic E-state index is 0.139. The van der Waals surface area contributed by atoms with Crippen molar-refractivity contribution < 1.29 is 9.13 Å². The highest BCUT2D eigenvalue weighted by molar-refractivity contribution is 5.50. The molecule has 1 heterocycles. The molecule has 0 aliphatic carbocycles. The topological polar surface area (TPSA) is 24.5 Å². The van der Waals surface area contributed by atoms with Crippen molar-refractivity contribution in [1.29, 1.82) is 0 Å². The average molecular weight is 266 g/mol. The lowest BCUT2D eigenvalue weighted by Gasteiger charge is -2.37. The van der Waals surface area contributed by atoms with E-state index in [1.807, 2.05) is 26.0 Å². The number of benzene rings is 1. The Labute approximate surface area is 114 Å². The van der Waals surface area contributed by atoms with Crippen LogP contribution in [0.4, 0.5) is 10.1 Å². The lowest BCUT2D eigenvalue weighted by molar-refractivity contribution is -0.00539. The van der Waals surface area contributed by atoms with Gasteiger partial charge in [-0.3, -0.25) is 0 Å². The van der Waals surface area contributed by atoms with Gasteiger partial charge in [-0.1, -0.05) is 13.0 Å². The Hall–Kier alpha value is -1.13. The molecule has 1 aliphatic rings. The molecule has 2 rings (SSSR count). The molecule has 2 atom stereocenters. The number of anilines is 1. The molecule has 1 saturated heterocycles. The molecule has 0 bridgehead atoms. The maximum atomic E-state index is 14.0. The molecule has 19 heavy (non-hydrogen) atoms. The smallest absolute Gasteiger partial charge is 0.146 e. The molecule has 0 amide bonds. The van der Waals surface area contributed by atoms with Crippen LogP contribution in [0.3, 0.4) is 0 Å². The second-order valence-electron chi connectivity index (χ2n) is 5.23. The lowest BCUT2D eigenvalue weighted by atomic mass is 10.1. The van der Waals surface area contributed by atoms with Crippen LogP contribution in [0, 0.1) is 5.82 Å². The lowest BCUT2D eigenvalue weighted by Crippen LogP contribution is -2.45. The molecule has 2 unspecified atom stereocenters. The number of nitrogens with zero attached hydrogens (tertiary/aromatic N) is 1. The number of ether oxygens (including phenoxy) is 1. The van der Waals surface area contributed by atoms with E-state index in [2.05, 4.69) is 17.1 Å². The molecular weight excluding hydrogens is 243 g/mol. The Morgan fingerprint density at radius 1 is 1.32 bits per heavy atom. The van der Waals surface area contributed by atoms with Crippen LogP contribution in [-0.2, 0) is 11.3 Å². The Balaban J connectivity index is 2.17. The largest absolute Gasteiger partial charge is 0.372 e. The molecule has 1 aromatic carbocycles. The van der Waals surface area contributed by atoms with Crippen molar-refractivity contribution in [2.45, 2.75) is 39.5 Å². The maximum absolute atomic E-state index is 14.0. The number of morpholine rings is 1. The molecule has 0 saturated carbocycles. The van der Waals surface area contributed by atoms with Gasteiger partial charge in [0.2, 0.25) is 0 Å². The van der Waals surface area contributed by atoms with Gasteiger partial charge in [0.05, 0.1) is 17.9 Å². The van der Waals surface area contributed by atoms with Crippen molar-refractivity contribution in [2.75, 3.05) is 24.5 Å². The number of hydrogen-bond donors (Lipinski definition) is 1. The highest BCUT2D eigenvalue weighted by Gasteiger charge is 2.24. The number of hydrogen-bond acceptors (Lipinski definition) is 3. The SMILES string of the molecule is CCNCc1ccc(F)c(N2CC(C)OC(C)C2)c1. The Morgan fingerprint density at radius 2 is 2.00 bits per heavy atom. The summed E-state index contributed by atoms with van der Waals surface area (Å²) in [5.41, 5.74) is 1.81. The van der Waals surface area contributed by atoms with Gasteiger partial charge in [0.1, 0.15) is 5.82 Å². The fourth-order valence-electron chi connectivity index (χ4n) is 2.55. The van der Waals surface area contributed by atoms with E-state index >= 15 is 0 Å². The first-order valence-electron chi connectivity index (χ1n) is 6.99. The molecule has 1 N–H and O–H groups in total. The van der Waals surface area contributed by atoms with Crippen LogP contribution < -0.4 is 10.2 Å². The summed E-state index contributed by atoms with van der Waals surface area (Å²) in [4.78, 5) is 2.09. The van der Waals surface area contributed by atoms with Crippen LogP contribution in [0.5, 0.6) is 0 Å².